The van der Waals surface area contributed by atoms with Crippen LogP contribution in [0.2, 0.25) is 10.0 Å². The second kappa shape index (κ2) is 7.51. The molecule has 6 heteroatoms. The third-order valence-electron chi connectivity index (χ3n) is 3.50. The molecule has 0 saturated heterocycles. The Bertz CT molecular complexity index is 855. The van der Waals surface area contributed by atoms with E-state index in [0.717, 1.165) is 22.4 Å². The first-order valence-corrected chi connectivity index (χ1v) is 8.03. The molecule has 4 nitrogen and oxygen atoms in total. The van der Waals surface area contributed by atoms with Gasteiger partial charge in [0.15, 0.2) is 0 Å². The monoisotopic (exact) mass is 359 g/mol. The molecule has 0 atom stereocenters. The van der Waals surface area contributed by atoms with Crippen molar-refractivity contribution < 1.29 is 4.74 Å². The van der Waals surface area contributed by atoms with E-state index in [0.29, 0.717) is 22.3 Å². The van der Waals surface area contributed by atoms with E-state index in [1.165, 1.54) is 0 Å². The molecule has 0 aliphatic rings. The minimum absolute atomic E-state index is 0.547. The van der Waals surface area contributed by atoms with Gasteiger partial charge in [-0.25, -0.2) is 0 Å². The highest BCUT2D eigenvalue weighted by atomic mass is 35.5. The van der Waals surface area contributed by atoms with Gasteiger partial charge in [-0.3, -0.25) is 9.97 Å². The highest BCUT2D eigenvalue weighted by Crippen LogP contribution is 2.25. The summed E-state index contributed by atoms with van der Waals surface area (Å²) in [5.41, 5.74) is 3.85. The summed E-state index contributed by atoms with van der Waals surface area (Å²) in [6.07, 6.45) is 7.01. The second-order valence-electron chi connectivity index (χ2n) is 5.18. The molecule has 3 aromatic rings. The van der Waals surface area contributed by atoms with E-state index in [9.17, 15) is 0 Å². The SMILES string of the molecule is COc1cncc(-c2cncc(NCc3ccc(Cl)c(Cl)c3)c2)c1. The largest absolute Gasteiger partial charge is 0.495 e. The summed E-state index contributed by atoms with van der Waals surface area (Å²) >= 11 is 12.0. The zero-order valence-corrected chi connectivity index (χ0v) is 14.5. The Balaban J connectivity index is 1.76. The molecule has 1 aromatic carbocycles. The van der Waals surface area contributed by atoms with E-state index in [1.807, 2.05) is 24.3 Å². The number of halogens is 2. The smallest absolute Gasteiger partial charge is 0.137 e. The quantitative estimate of drug-likeness (QED) is 0.690. The molecule has 0 radical (unpaired) electrons. The van der Waals surface area contributed by atoms with Crippen molar-refractivity contribution in [3.8, 4) is 16.9 Å². The third kappa shape index (κ3) is 3.96. The van der Waals surface area contributed by atoms with Gasteiger partial charge < -0.3 is 10.1 Å². The fourth-order valence-corrected chi connectivity index (χ4v) is 2.56. The van der Waals surface area contributed by atoms with Crippen LogP contribution in [0.3, 0.4) is 0 Å². The summed E-state index contributed by atoms with van der Waals surface area (Å²) in [4.78, 5) is 8.45. The number of aromatic nitrogens is 2. The van der Waals surface area contributed by atoms with Crippen molar-refractivity contribution in [2.24, 2.45) is 0 Å². The van der Waals surface area contributed by atoms with Gasteiger partial charge in [-0.15, -0.1) is 0 Å². The summed E-state index contributed by atoms with van der Waals surface area (Å²) in [6.45, 7) is 0.623. The third-order valence-corrected chi connectivity index (χ3v) is 4.24. The maximum absolute atomic E-state index is 6.04. The van der Waals surface area contributed by atoms with Crippen LogP contribution in [-0.2, 0) is 6.54 Å². The van der Waals surface area contributed by atoms with Gasteiger partial charge in [0.05, 0.1) is 29.0 Å². The van der Waals surface area contributed by atoms with Crippen LogP contribution in [0.5, 0.6) is 5.75 Å². The topological polar surface area (TPSA) is 47.0 Å². The first-order valence-electron chi connectivity index (χ1n) is 7.28. The van der Waals surface area contributed by atoms with E-state index in [-0.39, 0.29) is 0 Å². The van der Waals surface area contributed by atoms with Crippen LogP contribution in [0.15, 0.2) is 55.1 Å². The van der Waals surface area contributed by atoms with Crippen LogP contribution in [0.4, 0.5) is 5.69 Å². The summed E-state index contributed by atoms with van der Waals surface area (Å²) in [7, 11) is 1.62. The van der Waals surface area contributed by atoms with Crippen LogP contribution in [0, 0.1) is 0 Å². The fourth-order valence-electron chi connectivity index (χ4n) is 2.24. The number of nitrogens with zero attached hydrogens (tertiary/aromatic N) is 2. The molecule has 122 valence electrons. The Labute approximate surface area is 150 Å². The Morgan fingerprint density at radius 1 is 0.917 bits per heavy atom. The summed E-state index contributed by atoms with van der Waals surface area (Å²) in [5, 5.41) is 4.43. The molecule has 24 heavy (non-hydrogen) atoms. The highest BCUT2D eigenvalue weighted by Gasteiger charge is 2.04. The van der Waals surface area contributed by atoms with Gasteiger partial charge in [-0.1, -0.05) is 29.3 Å². The van der Waals surface area contributed by atoms with Crippen molar-refractivity contribution in [2.45, 2.75) is 6.54 Å². The van der Waals surface area contributed by atoms with E-state index in [4.69, 9.17) is 27.9 Å². The van der Waals surface area contributed by atoms with Gasteiger partial charge in [0.2, 0.25) is 0 Å². The number of hydrogen-bond acceptors (Lipinski definition) is 4. The zero-order chi connectivity index (χ0) is 16.9. The van der Waals surface area contributed by atoms with E-state index in [1.54, 1.807) is 38.0 Å². The number of methoxy groups -OCH3 is 1. The number of nitrogens with one attached hydrogen (secondary N) is 1. The van der Waals surface area contributed by atoms with E-state index >= 15 is 0 Å². The number of ether oxygens (including phenoxy) is 1. The first-order chi connectivity index (χ1) is 11.7. The Morgan fingerprint density at radius 2 is 1.67 bits per heavy atom. The predicted octanol–water partition coefficient (Wildman–Crippen LogP) is 5.07. The van der Waals surface area contributed by atoms with Crippen molar-refractivity contribution >= 4 is 28.9 Å². The molecule has 0 bridgehead atoms. The lowest BCUT2D eigenvalue weighted by Gasteiger charge is -2.09. The Morgan fingerprint density at radius 3 is 2.42 bits per heavy atom. The van der Waals surface area contributed by atoms with Crippen LogP contribution in [0.1, 0.15) is 5.56 Å². The number of benzene rings is 1. The maximum Gasteiger partial charge on any atom is 0.137 e. The van der Waals surface area contributed by atoms with Crippen LogP contribution < -0.4 is 10.1 Å². The van der Waals surface area contributed by atoms with Crippen molar-refractivity contribution in [2.75, 3.05) is 12.4 Å². The average molecular weight is 360 g/mol. The normalized spacial score (nSPS) is 10.5. The molecule has 1 N–H and O–H groups in total. The molecule has 2 heterocycles. The van der Waals surface area contributed by atoms with E-state index in [2.05, 4.69) is 15.3 Å². The molecule has 3 rings (SSSR count). The van der Waals surface area contributed by atoms with Crippen molar-refractivity contribution in [1.82, 2.24) is 9.97 Å². The van der Waals surface area contributed by atoms with Crippen molar-refractivity contribution in [3.63, 3.8) is 0 Å². The minimum Gasteiger partial charge on any atom is -0.495 e. The average Bonchev–Trinajstić information content (AvgIpc) is 2.63. The molecule has 0 aliphatic carbocycles. The number of hydrogen-bond donors (Lipinski definition) is 1. The molecule has 0 saturated carbocycles. The van der Waals surface area contributed by atoms with Crippen LogP contribution >= 0.6 is 23.2 Å². The summed E-state index contributed by atoms with van der Waals surface area (Å²) in [5.74, 6) is 0.710. The van der Waals surface area contributed by atoms with Gasteiger partial charge in [0, 0.05) is 36.3 Å². The number of anilines is 1. The van der Waals surface area contributed by atoms with Crippen molar-refractivity contribution in [1.29, 1.82) is 0 Å². The second-order valence-corrected chi connectivity index (χ2v) is 5.99. The molecule has 0 unspecified atom stereocenters. The minimum atomic E-state index is 0.547. The highest BCUT2D eigenvalue weighted by molar-refractivity contribution is 6.42. The molecule has 0 amide bonds. The van der Waals surface area contributed by atoms with Crippen LogP contribution in [0.25, 0.3) is 11.1 Å². The summed E-state index contributed by atoms with van der Waals surface area (Å²) in [6, 6.07) is 9.51. The molecule has 0 aliphatic heterocycles. The van der Waals surface area contributed by atoms with E-state index < -0.39 is 0 Å². The van der Waals surface area contributed by atoms with Gasteiger partial charge in [-0.05, 0) is 29.8 Å². The molecule has 0 fully saturated rings. The molecule has 2 aromatic heterocycles. The Kier molecular flexibility index (Phi) is 5.18. The van der Waals surface area contributed by atoms with Gasteiger partial charge in [0.25, 0.3) is 0 Å². The lowest BCUT2D eigenvalue weighted by molar-refractivity contribution is 0.413. The predicted molar refractivity (Wildman–Crippen MR) is 97.8 cm³/mol. The molecule has 0 spiro atoms. The number of rotatable bonds is 5. The zero-order valence-electron chi connectivity index (χ0n) is 13.0. The molecular weight excluding hydrogens is 345 g/mol. The molecular formula is C18H15Cl2N3O. The number of pyridine rings is 2. The van der Waals surface area contributed by atoms with Gasteiger partial charge in [0.1, 0.15) is 5.75 Å². The maximum atomic E-state index is 6.04. The standard InChI is InChI=1S/C18H15Cl2N3O/c1-24-16-6-14(9-22-11-16)13-5-15(10-21-8-13)23-7-12-2-3-17(19)18(20)4-12/h2-6,8-11,23H,7H2,1H3. The lowest BCUT2D eigenvalue weighted by atomic mass is 10.1. The van der Waals surface area contributed by atoms with Crippen molar-refractivity contribution in [3.05, 3.63) is 70.7 Å². The lowest BCUT2D eigenvalue weighted by Crippen LogP contribution is -2.00. The Hall–Kier alpha value is -2.30. The first kappa shape index (κ1) is 16.6. The van der Waals surface area contributed by atoms with Gasteiger partial charge in [-0.2, -0.15) is 0 Å². The van der Waals surface area contributed by atoms with Crippen LogP contribution in [-0.4, -0.2) is 17.1 Å². The fraction of sp³-hybridized carbons (Fsp3) is 0.111. The van der Waals surface area contributed by atoms with Gasteiger partial charge >= 0.3 is 0 Å². The summed E-state index contributed by atoms with van der Waals surface area (Å²) < 4.78 is 5.21.